The predicted octanol–water partition coefficient (Wildman–Crippen LogP) is 5.42. The Labute approximate surface area is 189 Å². The molecule has 0 heterocycles. The number of rotatable bonds is 9. The zero-order chi connectivity index (χ0) is 23.3. The van der Waals surface area contributed by atoms with Gasteiger partial charge in [-0.05, 0) is 60.4 Å². The van der Waals surface area contributed by atoms with E-state index in [-0.39, 0.29) is 17.9 Å². The van der Waals surface area contributed by atoms with Crippen LogP contribution in [0, 0.1) is 11.6 Å². The van der Waals surface area contributed by atoms with Crippen molar-refractivity contribution < 1.29 is 27.1 Å². The SMILES string of the molecule is O=C(O)CCCc1ccccc1CN(c1cc(F)ccc1F)S(=O)(=O)c1ccc(Cl)cc1. The second-order valence-electron chi connectivity index (χ2n) is 7.08. The van der Waals surface area contributed by atoms with Crippen LogP contribution in [0.4, 0.5) is 14.5 Å². The van der Waals surface area contributed by atoms with Crippen molar-refractivity contribution in [3.05, 3.63) is 94.5 Å². The van der Waals surface area contributed by atoms with Gasteiger partial charge < -0.3 is 5.11 Å². The van der Waals surface area contributed by atoms with E-state index < -0.39 is 33.3 Å². The molecule has 0 unspecified atom stereocenters. The third-order valence-corrected chi connectivity index (χ3v) is 6.87. The summed E-state index contributed by atoms with van der Waals surface area (Å²) in [6, 6.07) is 14.9. The monoisotopic (exact) mass is 479 g/mol. The van der Waals surface area contributed by atoms with Crippen molar-refractivity contribution in [1.82, 2.24) is 0 Å². The minimum atomic E-state index is -4.29. The van der Waals surface area contributed by atoms with Crippen molar-refractivity contribution in [3.8, 4) is 0 Å². The fraction of sp³-hybridized carbons (Fsp3) is 0.174. The van der Waals surface area contributed by atoms with Crippen molar-refractivity contribution in [3.63, 3.8) is 0 Å². The molecule has 1 N–H and O–H groups in total. The van der Waals surface area contributed by atoms with Gasteiger partial charge in [-0.2, -0.15) is 0 Å². The minimum absolute atomic E-state index is 0.0420. The molecule has 0 aromatic heterocycles. The molecule has 0 aliphatic rings. The van der Waals surface area contributed by atoms with Gasteiger partial charge in [0.15, 0.2) is 0 Å². The summed E-state index contributed by atoms with van der Waals surface area (Å²) < 4.78 is 56.3. The van der Waals surface area contributed by atoms with Gasteiger partial charge in [-0.1, -0.05) is 35.9 Å². The summed E-state index contributed by atoms with van der Waals surface area (Å²) >= 11 is 5.87. The second kappa shape index (κ2) is 10.1. The average molecular weight is 480 g/mol. The molecule has 3 rings (SSSR count). The summed E-state index contributed by atoms with van der Waals surface area (Å²) in [5, 5.41) is 9.22. The van der Waals surface area contributed by atoms with E-state index in [1.54, 1.807) is 24.3 Å². The van der Waals surface area contributed by atoms with E-state index in [0.29, 0.717) is 23.4 Å². The van der Waals surface area contributed by atoms with Crippen LogP contribution in [-0.2, 0) is 27.8 Å². The van der Waals surface area contributed by atoms with Crippen molar-refractivity contribution in [2.24, 2.45) is 0 Å². The molecule has 168 valence electrons. The Hall–Kier alpha value is -2.97. The Morgan fingerprint density at radius 1 is 0.969 bits per heavy atom. The van der Waals surface area contributed by atoms with E-state index in [0.717, 1.165) is 28.1 Å². The Bertz CT molecular complexity index is 1220. The maximum Gasteiger partial charge on any atom is 0.303 e. The summed E-state index contributed by atoms with van der Waals surface area (Å²) in [4.78, 5) is 10.7. The van der Waals surface area contributed by atoms with Crippen LogP contribution in [0.2, 0.25) is 5.02 Å². The fourth-order valence-electron chi connectivity index (χ4n) is 3.25. The van der Waals surface area contributed by atoms with Crippen molar-refractivity contribution >= 4 is 33.3 Å². The van der Waals surface area contributed by atoms with Crippen LogP contribution in [0.3, 0.4) is 0 Å². The van der Waals surface area contributed by atoms with Gasteiger partial charge in [-0.3, -0.25) is 9.10 Å². The molecule has 0 radical (unpaired) electrons. The standard InChI is InChI=1S/C23H20ClF2NO4S/c24-18-8-11-20(12-9-18)32(30,31)27(22-14-19(25)10-13-21(22)26)15-17-5-2-1-4-16(17)6-3-7-23(28)29/h1-2,4-5,8-14H,3,6-7,15H2,(H,28,29). The second-order valence-corrected chi connectivity index (χ2v) is 9.38. The van der Waals surface area contributed by atoms with Gasteiger partial charge in [0, 0.05) is 17.5 Å². The van der Waals surface area contributed by atoms with E-state index in [1.807, 2.05) is 0 Å². The first kappa shape index (κ1) is 23.7. The van der Waals surface area contributed by atoms with Gasteiger partial charge >= 0.3 is 5.97 Å². The minimum Gasteiger partial charge on any atom is -0.481 e. The summed E-state index contributed by atoms with van der Waals surface area (Å²) in [6.45, 7) is -0.269. The highest BCUT2D eigenvalue weighted by Crippen LogP contribution is 2.30. The van der Waals surface area contributed by atoms with Gasteiger partial charge in [-0.15, -0.1) is 0 Å². The normalized spacial score (nSPS) is 11.3. The maximum absolute atomic E-state index is 14.7. The number of sulfonamides is 1. The van der Waals surface area contributed by atoms with E-state index in [4.69, 9.17) is 16.7 Å². The first-order valence-corrected chi connectivity index (χ1v) is 11.5. The molecule has 32 heavy (non-hydrogen) atoms. The Kier molecular flexibility index (Phi) is 7.48. The molecular weight excluding hydrogens is 460 g/mol. The van der Waals surface area contributed by atoms with Crippen molar-refractivity contribution in [2.45, 2.75) is 30.7 Å². The topological polar surface area (TPSA) is 74.7 Å². The van der Waals surface area contributed by atoms with E-state index in [2.05, 4.69) is 0 Å². The van der Waals surface area contributed by atoms with Crippen LogP contribution in [0.25, 0.3) is 0 Å². The third-order valence-electron chi connectivity index (χ3n) is 4.85. The molecule has 9 heteroatoms. The molecule has 0 saturated carbocycles. The Balaban J connectivity index is 2.06. The smallest absolute Gasteiger partial charge is 0.303 e. The van der Waals surface area contributed by atoms with Gasteiger partial charge in [-0.25, -0.2) is 17.2 Å². The van der Waals surface area contributed by atoms with E-state index in [9.17, 15) is 22.0 Å². The summed E-state index contributed by atoms with van der Waals surface area (Å²) in [6.07, 6.45) is 0.702. The molecule has 0 atom stereocenters. The molecule has 5 nitrogen and oxygen atoms in total. The predicted molar refractivity (Wildman–Crippen MR) is 118 cm³/mol. The summed E-state index contributed by atoms with van der Waals surface area (Å²) in [7, 11) is -4.29. The van der Waals surface area contributed by atoms with Gasteiger partial charge in [0.05, 0.1) is 17.1 Å². The number of benzene rings is 3. The number of anilines is 1. The number of hydrogen-bond donors (Lipinski definition) is 1. The molecule has 0 fully saturated rings. The molecule has 0 bridgehead atoms. The quantitative estimate of drug-likeness (QED) is 0.444. The number of carboxylic acids is 1. The summed E-state index contributed by atoms with van der Waals surface area (Å²) in [5.41, 5.74) is 0.848. The van der Waals surface area contributed by atoms with Crippen LogP contribution < -0.4 is 4.31 Å². The van der Waals surface area contributed by atoms with E-state index >= 15 is 0 Å². The van der Waals surface area contributed by atoms with Crippen LogP contribution in [0.15, 0.2) is 71.6 Å². The number of aryl methyl sites for hydroxylation is 1. The first-order chi connectivity index (χ1) is 15.2. The number of hydrogen-bond acceptors (Lipinski definition) is 3. The number of carbonyl (C=O) groups is 1. The lowest BCUT2D eigenvalue weighted by Gasteiger charge is -2.26. The van der Waals surface area contributed by atoms with Crippen LogP contribution >= 0.6 is 11.6 Å². The summed E-state index contributed by atoms with van der Waals surface area (Å²) in [5.74, 6) is -2.61. The van der Waals surface area contributed by atoms with Gasteiger partial charge in [0.1, 0.15) is 11.6 Å². The Morgan fingerprint density at radius 3 is 2.28 bits per heavy atom. The highest BCUT2D eigenvalue weighted by molar-refractivity contribution is 7.92. The fourth-order valence-corrected chi connectivity index (χ4v) is 4.82. The molecular formula is C23H20ClF2NO4S. The van der Waals surface area contributed by atoms with Crippen molar-refractivity contribution in [2.75, 3.05) is 4.31 Å². The highest BCUT2D eigenvalue weighted by Gasteiger charge is 2.28. The number of carboxylic acid groups (broad SMARTS) is 1. The number of aliphatic carboxylic acids is 1. The first-order valence-electron chi connectivity index (χ1n) is 9.70. The third kappa shape index (κ3) is 5.63. The lowest BCUT2D eigenvalue weighted by atomic mass is 10.0. The molecule has 0 saturated heterocycles. The lowest BCUT2D eigenvalue weighted by molar-refractivity contribution is -0.137. The van der Waals surface area contributed by atoms with Gasteiger partial charge in [0.2, 0.25) is 0 Å². The molecule has 3 aromatic rings. The molecule has 0 spiro atoms. The Morgan fingerprint density at radius 2 is 1.62 bits per heavy atom. The maximum atomic E-state index is 14.7. The zero-order valence-electron chi connectivity index (χ0n) is 16.8. The zero-order valence-corrected chi connectivity index (χ0v) is 18.4. The number of nitrogens with zero attached hydrogens (tertiary/aromatic N) is 1. The van der Waals surface area contributed by atoms with E-state index in [1.165, 1.54) is 24.3 Å². The molecule has 0 aliphatic heterocycles. The van der Waals surface area contributed by atoms with Crippen LogP contribution in [0.5, 0.6) is 0 Å². The highest BCUT2D eigenvalue weighted by atomic mass is 35.5. The molecule has 3 aromatic carbocycles. The largest absolute Gasteiger partial charge is 0.481 e. The van der Waals surface area contributed by atoms with Crippen LogP contribution in [0.1, 0.15) is 24.0 Å². The molecule has 0 aliphatic carbocycles. The van der Waals surface area contributed by atoms with Gasteiger partial charge in [0.25, 0.3) is 10.0 Å². The average Bonchev–Trinajstić information content (AvgIpc) is 2.75. The van der Waals surface area contributed by atoms with Crippen molar-refractivity contribution in [1.29, 1.82) is 0 Å². The molecule has 0 amide bonds. The van der Waals surface area contributed by atoms with Crippen LogP contribution in [-0.4, -0.2) is 19.5 Å². The lowest BCUT2D eigenvalue weighted by Crippen LogP contribution is -2.32. The number of halogens is 3.